The second-order valence-electron chi connectivity index (χ2n) is 4.06. The maximum Gasteiger partial charge on any atom is 0.242 e. The van der Waals surface area contributed by atoms with Gasteiger partial charge in [-0.25, -0.2) is 0 Å². The van der Waals surface area contributed by atoms with Crippen LogP contribution in [0.1, 0.15) is 13.3 Å². The molecule has 2 saturated heterocycles. The van der Waals surface area contributed by atoms with Gasteiger partial charge >= 0.3 is 0 Å². The smallest absolute Gasteiger partial charge is 0.242 e. The van der Waals surface area contributed by atoms with Crippen molar-refractivity contribution in [3.8, 4) is 0 Å². The third kappa shape index (κ3) is 1.48. The minimum absolute atomic E-state index is 0.0161. The number of piperazine rings is 1. The van der Waals surface area contributed by atoms with Gasteiger partial charge in [-0.3, -0.25) is 9.59 Å². The minimum Gasteiger partial charge on any atom is -0.379 e. The van der Waals surface area contributed by atoms with E-state index in [2.05, 4.69) is 5.32 Å². The van der Waals surface area contributed by atoms with E-state index < -0.39 is 0 Å². The molecule has 2 rings (SSSR count). The van der Waals surface area contributed by atoms with Crippen LogP contribution < -0.4 is 5.32 Å². The first-order valence-electron chi connectivity index (χ1n) is 4.77. The maximum absolute atomic E-state index is 11.6. The Labute approximate surface area is 82.4 Å². The van der Waals surface area contributed by atoms with Crippen molar-refractivity contribution >= 4 is 11.8 Å². The summed E-state index contributed by atoms with van der Waals surface area (Å²) in [6.45, 7) is 3.46. The predicted molar refractivity (Wildman–Crippen MR) is 48.6 cm³/mol. The summed E-state index contributed by atoms with van der Waals surface area (Å²) in [5.74, 6) is -0.102. The van der Waals surface area contributed by atoms with Gasteiger partial charge in [0.25, 0.3) is 0 Å². The first-order chi connectivity index (χ1) is 6.62. The minimum atomic E-state index is -0.283. The van der Waals surface area contributed by atoms with Crippen molar-refractivity contribution in [3.05, 3.63) is 0 Å². The van der Waals surface area contributed by atoms with E-state index in [1.165, 1.54) is 0 Å². The van der Waals surface area contributed by atoms with Crippen molar-refractivity contribution in [2.24, 2.45) is 0 Å². The van der Waals surface area contributed by atoms with E-state index in [0.717, 1.165) is 6.42 Å². The molecule has 5 nitrogen and oxygen atoms in total. The van der Waals surface area contributed by atoms with Crippen LogP contribution in [-0.4, -0.2) is 48.6 Å². The average Bonchev–Trinajstić information content (AvgIpc) is 2.58. The van der Waals surface area contributed by atoms with Crippen LogP contribution in [0.2, 0.25) is 0 Å². The molecule has 0 aromatic rings. The van der Waals surface area contributed by atoms with E-state index in [9.17, 15) is 9.59 Å². The molecule has 2 aliphatic rings. The van der Waals surface area contributed by atoms with Gasteiger partial charge in [-0.15, -0.1) is 0 Å². The van der Waals surface area contributed by atoms with Crippen molar-refractivity contribution in [1.29, 1.82) is 0 Å². The third-order valence-electron chi connectivity index (χ3n) is 2.89. The number of ether oxygens (including phenoxy) is 1. The van der Waals surface area contributed by atoms with Gasteiger partial charge in [-0.2, -0.15) is 0 Å². The van der Waals surface area contributed by atoms with Gasteiger partial charge in [-0.05, 0) is 13.3 Å². The quantitative estimate of drug-likeness (QED) is 0.595. The molecule has 0 aliphatic carbocycles. The van der Waals surface area contributed by atoms with E-state index in [1.807, 2.05) is 6.92 Å². The van der Waals surface area contributed by atoms with Gasteiger partial charge < -0.3 is 15.0 Å². The highest BCUT2D eigenvalue weighted by molar-refractivity contribution is 5.92. The maximum atomic E-state index is 11.6. The van der Waals surface area contributed by atoms with Crippen LogP contribution in [0.15, 0.2) is 0 Å². The lowest BCUT2D eigenvalue weighted by atomic mass is 9.98. The Balaban J connectivity index is 2.14. The fraction of sp³-hybridized carbons (Fsp3) is 0.778. The van der Waals surface area contributed by atoms with Crippen LogP contribution in [0.3, 0.4) is 0 Å². The summed E-state index contributed by atoms with van der Waals surface area (Å²) >= 11 is 0. The van der Waals surface area contributed by atoms with E-state index >= 15 is 0 Å². The zero-order valence-corrected chi connectivity index (χ0v) is 8.21. The molecular formula is C9H14N2O3. The van der Waals surface area contributed by atoms with Crippen molar-refractivity contribution in [2.45, 2.75) is 18.9 Å². The van der Waals surface area contributed by atoms with Crippen LogP contribution in [0.25, 0.3) is 0 Å². The van der Waals surface area contributed by atoms with Crippen LogP contribution in [0.4, 0.5) is 0 Å². The Kier molecular flexibility index (Phi) is 2.19. The van der Waals surface area contributed by atoms with E-state index in [-0.39, 0.29) is 30.4 Å². The van der Waals surface area contributed by atoms with Gasteiger partial charge in [0.15, 0.2) is 0 Å². The number of carbonyl (C=O) groups excluding carboxylic acids is 2. The second kappa shape index (κ2) is 3.24. The molecule has 14 heavy (non-hydrogen) atoms. The molecule has 0 bridgehead atoms. The molecule has 2 aliphatic heterocycles. The summed E-state index contributed by atoms with van der Waals surface area (Å²) in [6.07, 6.45) is 0.812. The lowest BCUT2D eigenvalue weighted by molar-refractivity contribution is -0.146. The monoisotopic (exact) mass is 198 g/mol. The fourth-order valence-electron chi connectivity index (χ4n) is 1.92. The first kappa shape index (κ1) is 9.45. The van der Waals surface area contributed by atoms with Crippen LogP contribution in [0, 0.1) is 0 Å². The molecular weight excluding hydrogens is 184 g/mol. The third-order valence-corrected chi connectivity index (χ3v) is 2.89. The zero-order chi connectivity index (χ0) is 10.2. The summed E-state index contributed by atoms with van der Waals surface area (Å²) in [5, 5.41) is 2.53. The lowest BCUT2D eigenvalue weighted by Crippen LogP contribution is -2.60. The molecule has 0 aromatic carbocycles. The van der Waals surface area contributed by atoms with Gasteiger partial charge in [0.2, 0.25) is 11.8 Å². The number of rotatable bonds is 1. The van der Waals surface area contributed by atoms with Gasteiger partial charge in [0, 0.05) is 6.61 Å². The predicted octanol–water partition coefficient (Wildman–Crippen LogP) is -0.876. The Hall–Kier alpha value is -1.10. The number of hydrogen-bond acceptors (Lipinski definition) is 3. The van der Waals surface area contributed by atoms with Crippen LogP contribution in [0.5, 0.6) is 0 Å². The van der Waals surface area contributed by atoms with Crippen LogP contribution >= 0.6 is 0 Å². The normalized spacial score (nSPS) is 33.4. The van der Waals surface area contributed by atoms with Crippen molar-refractivity contribution < 1.29 is 14.3 Å². The molecule has 2 heterocycles. The summed E-state index contributed by atoms with van der Waals surface area (Å²) in [4.78, 5) is 24.4. The summed E-state index contributed by atoms with van der Waals surface area (Å²) in [5.41, 5.74) is -0.283. The summed E-state index contributed by atoms with van der Waals surface area (Å²) in [6, 6.07) is 0. The second-order valence-corrected chi connectivity index (χ2v) is 4.06. The zero-order valence-electron chi connectivity index (χ0n) is 8.21. The van der Waals surface area contributed by atoms with Crippen molar-refractivity contribution in [3.63, 3.8) is 0 Å². The number of nitrogens with one attached hydrogen (secondary N) is 1. The topological polar surface area (TPSA) is 58.6 Å². The molecule has 2 fully saturated rings. The molecule has 1 N–H and O–H groups in total. The highest BCUT2D eigenvalue weighted by Gasteiger charge is 2.41. The average molecular weight is 198 g/mol. The SMILES string of the molecule is CC1(N2CC(=O)NCC2=O)CCOC1. The lowest BCUT2D eigenvalue weighted by Gasteiger charge is -2.39. The number of amides is 2. The molecule has 2 amide bonds. The van der Waals surface area contributed by atoms with E-state index in [1.54, 1.807) is 4.90 Å². The molecule has 0 saturated carbocycles. The number of hydrogen-bond donors (Lipinski definition) is 1. The Morgan fingerprint density at radius 2 is 2.29 bits per heavy atom. The standard InChI is InChI=1S/C9H14N2O3/c1-9(2-3-14-6-9)11-5-7(12)10-4-8(11)13/h2-6H2,1H3,(H,10,12). The summed E-state index contributed by atoms with van der Waals surface area (Å²) in [7, 11) is 0. The largest absolute Gasteiger partial charge is 0.379 e. The van der Waals surface area contributed by atoms with E-state index in [0.29, 0.717) is 13.2 Å². The molecule has 0 radical (unpaired) electrons. The van der Waals surface area contributed by atoms with Crippen molar-refractivity contribution in [2.75, 3.05) is 26.3 Å². The van der Waals surface area contributed by atoms with Crippen LogP contribution in [-0.2, 0) is 14.3 Å². The molecule has 78 valence electrons. The highest BCUT2D eigenvalue weighted by Crippen LogP contribution is 2.26. The van der Waals surface area contributed by atoms with Gasteiger partial charge in [0.1, 0.15) is 6.54 Å². The Bertz CT molecular complexity index is 271. The molecule has 5 heteroatoms. The van der Waals surface area contributed by atoms with Gasteiger partial charge in [0.05, 0.1) is 18.7 Å². The molecule has 1 atom stereocenters. The molecule has 0 aromatic heterocycles. The molecule has 1 unspecified atom stereocenters. The van der Waals surface area contributed by atoms with Crippen molar-refractivity contribution in [1.82, 2.24) is 10.2 Å². The number of nitrogens with zero attached hydrogens (tertiary/aromatic N) is 1. The highest BCUT2D eigenvalue weighted by atomic mass is 16.5. The summed E-state index contributed by atoms with van der Waals surface area (Å²) < 4.78 is 5.27. The number of carbonyl (C=O) groups is 2. The van der Waals surface area contributed by atoms with Gasteiger partial charge in [-0.1, -0.05) is 0 Å². The Morgan fingerprint density at radius 3 is 2.93 bits per heavy atom. The molecule has 0 spiro atoms. The Morgan fingerprint density at radius 1 is 1.50 bits per heavy atom. The fourth-order valence-corrected chi connectivity index (χ4v) is 1.92. The van der Waals surface area contributed by atoms with E-state index in [4.69, 9.17) is 4.74 Å². The first-order valence-corrected chi connectivity index (χ1v) is 4.77.